The van der Waals surface area contributed by atoms with E-state index in [0.29, 0.717) is 12.1 Å². The van der Waals surface area contributed by atoms with E-state index in [9.17, 15) is 4.79 Å². The maximum absolute atomic E-state index is 12.0. The molecule has 0 aliphatic rings. The largest absolute Gasteiger partial charge is 0.325 e. The summed E-state index contributed by atoms with van der Waals surface area (Å²) in [5.41, 5.74) is 1.42. The number of benzene rings is 1. The van der Waals surface area contributed by atoms with E-state index in [0.717, 1.165) is 5.69 Å². The number of hydrogen-bond acceptors (Lipinski definition) is 3. The Balaban J connectivity index is 2.02. The maximum Gasteiger partial charge on any atom is 0.242 e. The predicted molar refractivity (Wildman–Crippen MR) is 72.1 cm³/mol. The molecule has 2 aromatic rings. The van der Waals surface area contributed by atoms with Crippen LogP contribution in [0.25, 0.3) is 0 Å². The van der Waals surface area contributed by atoms with Gasteiger partial charge < -0.3 is 5.32 Å². The second-order valence-electron chi connectivity index (χ2n) is 4.06. The number of carbonyl (C=O) groups is 1. The molecule has 0 aliphatic carbocycles. The molecule has 0 saturated carbocycles. The SMILES string of the molecule is N#CC(Cc1ccccn1)C(=O)Nc1ccccc1. The van der Waals surface area contributed by atoms with Gasteiger partial charge in [-0.05, 0) is 24.3 Å². The molecule has 4 heteroatoms. The van der Waals surface area contributed by atoms with Crippen LogP contribution in [-0.4, -0.2) is 10.9 Å². The third-order valence-corrected chi connectivity index (χ3v) is 2.65. The number of rotatable bonds is 4. The summed E-state index contributed by atoms with van der Waals surface area (Å²) in [4.78, 5) is 16.1. The van der Waals surface area contributed by atoms with Crippen LogP contribution in [0.3, 0.4) is 0 Å². The van der Waals surface area contributed by atoms with E-state index in [1.54, 1.807) is 30.5 Å². The van der Waals surface area contributed by atoms with Gasteiger partial charge in [-0.3, -0.25) is 9.78 Å². The minimum absolute atomic E-state index is 0.306. The quantitative estimate of drug-likeness (QED) is 0.907. The molecule has 0 saturated heterocycles. The Morgan fingerprint density at radius 2 is 1.95 bits per heavy atom. The fourth-order valence-corrected chi connectivity index (χ4v) is 1.68. The highest BCUT2D eigenvalue weighted by molar-refractivity contribution is 5.94. The summed E-state index contributed by atoms with van der Waals surface area (Å²) < 4.78 is 0. The summed E-state index contributed by atoms with van der Waals surface area (Å²) in [6.45, 7) is 0. The van der Waals surface area contributed by atoms with Crippen LogP contribution in [0, 0.1) is 17.2 Å². The van der Waals surface area contributed by atoms with E-state index >= 15 is 0 Å². The number of carbonyl (C=O) groups excluding carboxylic acids is 1. The first-order valence-electron chi connectivity index (χ1n) is 5.95. The number of aromatic nitrogens is 1. The maximum atomic E-state index is 12.0. The molecule has 0 spiro atoms. The number of pyridine rings is 1. The summed E-state index contributed by atoms with van der Waals surface area (Å²) in [6, 6.07) is 16.6. The van der Waals surface area contributed by atoms with Crippen LogP contribution in [0.4, 0.5) is 5.69 Å². The van der Waals surface area contributed by atoms with Gasteiger partial charge in [-0.15, -0.1) is 0 Å². The molecule has 94 valence electrons. The normalized spacial score (nSPS) is 11.3. The average molecular weight is 251 g/mol. The molecule has 1 aromatic heterocycles. The van der Waals surface area contributed by atoms with Gasteiger partial charge in [0.1, 0.15) is 5.92 Å². The van der Waals surface area contributed by atoms with Crippen molar-refractivity contribution in [3.63, 3.8) is 0 Å². The third-order valence-electron chi connectivity index (χ3n) is 2.65. The lowest BCUT2D eigenvalue weighted by molar-refractivity contribution is -0.118. The molecular weight excluding hydrogens is 238 g/mol. The molecule has 19 heavy (non-hydrogen) atoms. The van der Waals surface area contributed by atoms with Gasteiger partial charge in [-0.1, -0.05) is 24.3 Å². The zero-order valence-corrected chi connectivity index (χ0v) is 10.3. The van der Waals surface area contributed by atoms with Gasteiger partial charge in [0, 0.05) is 24.0 Å². The van der Waals surface area contributed by atoms with Crippen molar-refractivity contribution in [3.05, 3.63) is 60.4 Å². The Hall–Kier alpha value is -2.67. The number of anilines is 1. The third kappa shape index (κ3) is 3.65. The highest BCUT2D eigenvalue weighted by Crippen LogP contribution is 2.11. The minimum Gasteiger partial charge on any atom is -0.325 e. The standard InChI is InChI=1S/C15H13N3O/c16-11-12(10-14-8-4-5-9-17-14)15(19)18-13-6-2-1-3-7-13/h1-9,12H,10H2,(H,18,19). The number of nitriles is 1. The first kappa shape index (κ1) is 12.8. The Bertz CT molecular complexity index is 575. The molecule has 1 N–H and O–H groups in total. The van der Waals surface area contributed by atoms with Gasteiger partial charge in [-0.25, -0.2) is 0 Å². The van der Waals surface area contributed by atoms with Crippen molar-refractivity contribution in [2.24, 2.45) is 5.92 Å². The number of amides is 1. The Morgan fingerprint density at radius 1 is 1.21 bits per heavy atom. The smallest absolute Gasteiger partial charge is 0.242 e. The van der Waals surface area contributed by atoms with Gasteiger partial charge >= 0.3 is 0 Å². The highest BCUT2D eigenvalue weighted by Gasteiger charge is 2.18. The van der Waals surface area contributed by atoms with E-state index in [-0.39, 0.29) is 5.91 Å². The zero-order chi connectivity index (χ0) is 13.5. The molecule has 0 bridgehead atoms. The lowest BCUT2D eigenvalue weighted by Gasteiger charge is -2.09. The summed E-state index contributed by atoms with van der Waals surface area (Å²) >= 11 is 0. The van der Waals surface area contributed by atoms with Gasteiger partial charge in [0.15, 0.2) is 0 Å². The van der Waals surface area contributed by atoms with E-state index in [1.807, 2.05) is 30.3 Å². The van der Waals surface area contributed by atoms with Gasteiger partial charge in [-0.2, -0.15) is 5.26 Å². The van der Waals surface area contributed by atoms with Crippen LogP contribution >= 0.6 is 0 Å². The number of hydrogen-bond donors (Lipinski definition) is 1. The Morgan fingerprint density at radius 3 is 2.58 bits per heavy atom. The molecule has 1 unspecified atom stereocenters. The number of nitrogens with one attached hydrogen (secondary N) is 1. The highest BCUT2D eigenvalue weighted by atomic mass is 16.1. The second-order valence-corrected chi connectivity index (χ2v) is 4.06. The predicted octanol–water partition coefficient (Wildman–Crippen LogP) is 2.40. The van der Waals surface area contributed by atoms with Crippen LogP contribution in [0.5, 0.6) is 0 Å². The Kier molecular flexibility index (Phi) is 4.25. The number of nitrogens with zero attached hydrogens (tertiary/aromatic N) is 2. The molecular formula is C15H13N3O. The van der Waals surface area contributed by atoms with Gasteiger partial charge in [0.2, 0.25) is 5.91 Å². The van der Waals surface area contributed by atoms with Crippen molar-refractivity contribution in [2.45, 2.75) is 6.42 Å². The molecule has 0 aliphatic heterocycles. The van der Waals surface area contributed by atoms with Crippen LogP contribution in [0.1, 0.15) is 5.69 Å². The van der Waals surface area contributed by atoms with Crippen molar-refractivity contribution in [1.29, 1.82) is 5.26 Å². The molecule has 1 atom stereocenters. The van der Waals surface area contributed by atoms with E-state index in [2.05, 4.69) is 10.3 Å². The van der Waals surface area contributed by atoms with Crippen molar-refractivity contribution >= 4 is 11.6 Å². The molecule has 4 nitrogen and oxygen atoms in total. The van der Waals surface area contributed by atoms with E-state index in [4.69, 9.17) is 5.26 Å². The molecule has 1 amide bonds. The Labute approximate surface area is 111 Å². The fourth-order valence-electron chi connectivity index (χ4n) is 1.68. The van der Waals surface area contributed by atoms with E-state index < -0.39 is 5.92 Å². The summed E-state index contributed by atoms with van der Waals surface area (Å²) in [6.07, 6.45) is 1.97. The van der Waals surface area contributed by atoms with Crippen molar-refractivity contribution in [3.8, 4) is 6.07 Å². The second kappa shape index (κ2) is 6.31. The summed E-state index contributed by atoms with van der Waals surface area (Å²) in [5, 5.41) is 11.8. The van der Waals surface area contributed by atoms with E-state index in [1.165, 1.54) is 0 Å². The molecule has 2 rings (SSSR count). The molecule has 1 heterocycles. The molecule has 0 radical (unpaired) electrons. The first-order chi connectivity index (χ1) is 9.29. The fraction of sp³-hybridized carbons (Fsp3) is 0.133. The molecule has 1 aromatic carbocycles. The molecule has 0 fully saturated rings. The monoisotopic (exact) mass is 251 g/mol. The number of para-hydroxylation sites is 1. The minimum atomic E-state index is -0.741. The average Bonchev–Trinajstić information content (AvgIpc) is 2.47. The van der Waals surface area contributed by atoms with Crippen LogP contribution in [0.2, 0.25) is 0 Å². The summed E-state index contributed by atoms with van der Waals surface area (Å²) in [5.74, 6) is -1.05. The van der Waals surface area contributed by atoms with Crippen LogP contribution in [0.15, 0.2) is 54.7 Å². The summed E-state index contributed by atoms with van der Waals surface area (Å²) in [7, 11) is 0. The zero-order valence-electron chi connectivity index (χ0n) is 10.3. The topological polar surface area (TPSA) is 65.8 Å². The first-order valence-corrected chi connectivity index (χ1v) is 5.95. The van der Waals surface area contributed by atoms with Crippen LogP contribution in [-0.2, 0) is 11.2 Å². The lowest BCUT2D eigenvalue weighted by Crippen LogP contribution is -2.23. The van der Waals surface area contributed by atoms with Crippen molar-refractivity contribution in [2.75, 3.05) is 5.32 Å². The van der Waals surface area contributed by atoms with Gasteiger partial charge in [0.05, 0.1) is 6.07 Å². The van der Waals surface area contributed by atoms with Crippen molar-refractivity contribution < 1.29 is 4.79 Å². The van der Waals surface area contributed by atoms with Gasteiger partial charge in [0.25, 0.3) is 0 Å². The van der Waals surface area contributed by atoms with Crippen LogP contribution < -0.4 is 5.32 Å². The lowest BCUT2D eigenvalue weighted by atomic mass is 10.0. The van der Waals surface area contributed by atoms with Crippen molar-refractivity contribution in [1.82, 2.24) is 4.98 Å².